The predicted molar refractivity (Wildman–Crippen MR) is 72.5 cm³/mol. The Morgan fingerprint density at radius 3 is 2.78 bits per heavy atom. The Morgan fingerprint density at radius 2 is 2.06 bits per heavy atom. The van der Waals surface area contributed by atoms with Gasteiger partial charge in [-0.3, -0.25) is 0 Å². The number of anilines is 1. The van der Waals surface area contributed by atoms with Crippen LogP contribution in [0.3, 0.4) is 0 Å². The van der Waals surface area contributed by atoms with E-state index in [0.717, 1.165) is 11.3 Å². The van der Waals surface area contributed by atoms with Gasteiger partial charge in [0.05, 0.1) is 5.56 Å². The number of nitrogens with zero attached hydrogens (tertiary/aromatic N) is 2. The Hall–Kier alpha value is -2.05. The van der Waals surface area contributed by atoms with E-state index in [0.29, 0.717) is 22.9 Å². The van der Waals surface area contributed by atoms with Gasteiger partial charge in [-0.05, 0) is 30.7 Å². The third-order valence-electron chi connectivity index (χ3n) is 2.56. The molecule has 3 nitrogen and oxygen atoms in total. The second-order valence-electron chi connectivity index (χ2n) is 3.91. The average molecular weight is 258 g/mol. The lowest BCUT2D eigenvalue weighted by Crippen LogP contribution is -2.04. The summed E-state index contributed by atoms with van der Waals surface area (Å²) in [6.45, 7) is 2.44. The van der Waals surface area contributed by atoms with Gasteiger partial charge in [0.25, 0.3) is 0 Å². The molecule has 4 heteroatoms. The molecular formula is C14H12ClN3. The first-order valence-corrected chi connectivity index (χ1v) is 5.93. The van der Waals surface area contributed by atoms with E-state index < -0.39 is 0 Å². The van der Waals surface area contributed by atoms with E-state index in [1.807, 2.05) is 37.3 Å². The topological polar surface area (TPSA) is 48.7 Å². The van der Waals surface area contributed by atoms with Gasteiger partial charge in [-0.1, -0.05) is 29.8 Å². The standard InChI is InChI=1S/C14H12ClN3/c1-10-6-7-11(8-16)14(18-10)17-9-12-4-2-3-5-13(12)15/h2-7H,9H2,1H3,(H,17,18). The molecule has 0 spiro atoms. The molecule has 0 aliphatic carbocycles. The van der Waals surface area contributed by atoms with Crippen molar-refractivity contribution in [2.45, 2.75) is 13.5 Å². The van der Waals surface area contributed by atoms with Crippen LogP contribution in [-0.2, 0) is 6.54 Å². The molecule has 90 valence electrons. The molecule has 0 radical (unpaired) electrons. The lowest BCUT2D eigenvalue weighted by Gasteiger charge is -2.09. The zero-order chi connectivity index (χ0) is 13.0. The van der Waals surface area contributed by atoms with E-state index in [4.69, 9.17) is 16.9 Å². The van der Waals surface area contributed by atoms with Crippen LogP contribution in [0.2, 0.25) is 5.02 Å². The first-order valence-electron chi connectivity index (χ1n) is 5.55. The molecule has 1 heterocycles. The molecule has 0 unspecified atom stereocenters. The zero-order valence-electron chi connectivity index (χ0n) is 9.94. The number of nitriles is 1. The lowest BCUT2D eigenvalue weighted by molar-refractivity contribution is 1.08. The second-order valence-corrected chi connectivity index (χ2v) is 4.31. The lowest BCUT2D eigenvalue weighted by atomic mass is 10.2. The maximum atomic E-state index is 9.01. The molecular weight excluding hydrogens is 246 g/mol. The monoisotopic (exact) mass is 257 g/mol. The molecule has 2 aromatic rings. The van der Waals surface area contributed by atoms with Gasteiger partial charge in [0.2, 0.25) is 0 Å². The maximum Gasteiger partial charge on any atom is 0.144 e. The summed E-state index contributed by atoms with van der Waals surface area (Å²) in [6, 6.07) is 13.3. The summed E-state index contributed by atoms with van der Waals surface area (Å²) in [5, 5.41) is 12.9. The highest BCUT2D eigenvalue weighted by molar-refractivity contribution is 6.31. The molecule has 0 aliphatic heterocycles. The number of aryl methyl sites for hydroxylation is 1. The minimum atomic E-state index is 0.535. The summed E-state index contributed by atoms with van der Waals surface area (Å²) in [4.78, 5) is 4.31. The smallest absolute Gasteiger partial charge is 0.144 e. The fourth-order valence-electron chi connectivity index (χ4n) is 1.60. The van der Waals surface area contributed by atoms with Crippen molar-refractivity contribution in [2.75, 3.05) is 5.32 Å². The number of nitrogens with one attached hydrogen (secondary N) is 1. The highest BCUT2D eigenvalue weighted by atomic mass is 35.5. The summed E-state index contributed by atoms with van der Waals surface area (Å²) in [5.74, 6) is 0.595. The van der Waals surface area contributed by atoms with E-state index in [1.54, 1.807) is 6.07 Å². The molecule has 0 amide bonds. The van der Waals surface area contributed by atoms with Crippen LogP contribution < -0.4 is 5.32 Å². The van der Waals surface area contributed by atoms with Crippen molar-refractivity contribution < 1.29 is 0 Å². The van der Waals surface area contributed by atoms with Crippen molar-refractivity contribution in [1.29, 1.82) is 5.26 Å². The highest BCUT2D eigenvalue weighted by Crippen LogP contribution is 2.18. The van der Waals surface area contributed by atoms with Crippen LogP contribution in [0.25, 0.3) is 0 Å². The molecule has 0 aliphatic rings. The van der Waals surface area contributed by atoms with E-state index >= 15 is 0 Å². The number of hydrogen-bond donors (Lipinski definition) is 1. The Bertz CT molecular complexity index is 602. The molecule has 1 N–H and O–H groups in total. The van der Waals surface area contributed by atoms with E-state index in [-0.39, 0.29) is 0 Å². The fraction of sp³-hybridized carbons (Fsp3) is 0.143. The van der Waals surface area contributed by atoms with Gasteiger partial charge in [-0.25, -0.2) is 4.98 Å². The van der Waals surface area contributed by atoms with Crippen LogP contribution in [0.15, 0.2) is 36.4 Å². The molecule has 0 fully saturated rings. The summed E-state index contributed by atoms with van der Waals surface area (Å²) >= 11 is 6.07. The van der Waals surface area contributed by atoms with E-state index in [2.05, 4.69) is 16.4 Å². The molecule has 18 heavy (non-hydrogen) atoms. The van der Waals surface area contributed by atoms with Gasteiger partial charge < -0.3 is 5.32 Å². The summed E-state index contributed by atoms with van der Waals surface area (Å²) < 4.78 is 0. The third kappa shape index (κ3) is 2.79. The number of aromatic nitrogens is 1. The molecule has 2 rings (SSSR count). The van der Waals surface area contributed by atoms with Crippen LogP contribution in [0, 0.1) is 18.3 Å². The molecule has 1 aromatic carbocycles. The van der Waals surface area contributed by atoms with Gasteiger partial charge in [-0.15, -0.1) is 0 Å². The van der Waals surface area contributed by atoms with Gasteiger partial charge >= 0.3 is 0 Å². The predicted octanol–water partition coefficient (Wildman–Crippen LogP) is 3.53. The van der Waals surface area contributed by atoms with Crippen molar-refractivity contribution in [3.05, 3.63) is 58.2 Å². The maximum absolute atomic E-state index is 9.01. The fourth-order valence-corrected chi connectivity index (χ4v) is 1.80. The van der Waals surface area contributed by atoms with Crippen molar-refractivity contribution in [3.8, 4) is 6.07 Å². The molecule has 0 saturated heterocycles. The van der Waals surface area contributed by atoms with Crippen LogP contribution in [0.1, 0.15) is 16.8 Å². The summed E-state index contributed by atoms with van der Waals surface area (Å²) in [5.41, 5.74) is 2.38. The molecule has 0 bridgehead atoms. The van der Waals surface area contributed by atoms with Gasteiger partial charge in [0.1, 0.15) is 11.9 Å². The Balaban J connectivity index is 2.18. The molecule has 0 saturated carbocycles. The van der Waals surface area contributed by atoms with Crippen LogP contribution in [0.4, 0.5) is 5.82 Å². The van der Waals surface area contributed by atoms with Crippen molar-refractivity contribution in [3.63, 3.8) is 0 Å². The number of halogens is 1. The molecule has 1 aromatic heterocycles. The summed E-state index contributed by atoms with van der Waals surface area (Å²) in [7, 11) is 0. The molecule has 0 atom stereocenters. The first kappa shape index (κ1) is 12.4. The Labute approximate surface area is 111 Å². The van der Waals surface area contributed by atoms with Crippen LogP contribution in [-0.4, -0.2) is 4.98 Å². The summed E-state index contributed by atoms with van der Waals surface area (Å²) in [6.07, 6.45) is 0. The number of rotatable bonds is 3. The Kier molecular flexibility index (Phi) is 3.81. The SMILES string of the molecule is Cc1ccc(C#N)c(NCc2ccccc2Cl)n1. The van der Waals surface area contributed by atoms with Crippen molar-refractivity contribution in [2.24, 2.45) is 0 Å². The van der Waals surface area contributed by atoms with Gasteiger partial charge in [0.15, 0.2) is 0 Å². The van der Waals surface area contributed by atoms with Crippen LogP contribution in [0.5, 0.6) is 0 Å². The third-order valence-corrected chi connectivity index (χ3v) is 2.93. The number of benzene rings is 1. The van der Waals surface area contributed by atoms with Crippen LogP contribution >= 0.6 is 11.6 Å². The quantitative estimate of drug-likeness (QED) is 0.915. The van der Waals surface area contributed by atoms with E-state index in [1.165, 1.54) is 0 Å². The Morgan fingerprint density at radius 1 is 1.28 bits per heavy atom. The van der Waals surface area contributed by atoms with E-state index in [9.17, 15) is 0 Å². The largest absolute Gasteiger partial charge is 0.365 e. The van der Waals surface area contributed by atoms with Crippen molar-refractivity contribution in [1.82, 2.24) is 4.98 Å². The first-order chi connectivity index (χ1) is 8.70. The zero-order valence-corrected chi connectivity index (χ0v) is 10.7. The second kappa shape index (κ2) is 5.52. The van der Waals surface area contributed by atoms with Crippen molar-refractivity contribution >= 4 is 17.4 Å². The highest BCUT2D eigenvalue weighted by Gasteiger charge is 2.05. The normalized spacial score (nSPS) is 9.83. The average Bonchev–Trinajstić information content (AvgIpc) is 2.38. The minimum absolute atomic E-state index is 0.535. The number of pyridine rings is 1. The van der Waals surface area contributed by atoms with Gasteiger partial charge in [-0.2, -0.15) is 5.26 Å². The minimum Gasteiger partial charge on any atom is -0.365 e. The van der Waals surface area contributed by atoms with Gasteiger partial charge in [0, 0.05) is 17.3 Å². The number of hydrogen-bond acceptors (Lipinski definition) is 3.